The molecule has 3 amide bonds. The maximum Gasteiger partial charge on any atom is 0.317 e. The lowest BCUT2D eigenvalue weighted by atomic mass is 10.3. The predicted molar refractivity (Wildman–Crippen MR) is 84.2 cm³/mol. The summed E-state index contributed by atoms with van der Waals surface area (Å²) in [5.41, 5.74) is 0. The highest BCUT2D eigenvalue weighted by molar-refractivity contribution is 6.32. The molecule has 0 aromatic heterocycles. The summed E-state index contributed by atoms with van der Waals surface area (Å²) < 4.78 is 5.55. The summed E-state index contributed by atoms with van der Waals surface area (Å²) in [4.78, 5) is 25.9. The van der Waals surface area contributed by atoms with Gasteiger partial charge in [0.05, 0.1) is 11.6 Å². The zero-order valence-electron chi connectivity index (χ0n) is 12.3. The summed E-state index contributed by atoms with van der Waals surface area (Å²) in [6.45, 7) is 3.35. The van der Waals surface area contributed by atoms with Crippen LogP contribution in [0.1, 0.15) is 6.42 Å². The van der Waals surface area contributed by atoms with Gasteiger partial charge in [0.2, 0.25) is 6.41 Å². The van der Waals surface area contributed by atoms with Crippen LogP contribution in [-0.2, 0) is 4.79 Å². The third kappa shape index (κ3) is 4.80. The van der Waals surface area contributed by atoms with Crippen molar-refractivity contribution in [1.29, 1.82) is 0 Å². The number of halogens is 1. The van der Waals surface area contributed by atoms with Crippen LogP contribution in [-0.4, -0.2) is 61.6 Å². The Bertz CT molecular complexity index is 505. The Hall–Kier alpha value is -1.95. The van der Waals surface area contributed by atoms with Crippen LogP contribution in [0.15, 0.2) is 24.3 Å². The predicted octanol–water partition coefficient (Wildman–Crippen LogP) is 1.59. The van der Waals surface area contributed by atoms with Crippen LogP contribution in [0, 0.1) is 0 Å². The van der Waals surface area contributed by atoms with Crippen LogP contribution < -0.4 is 10.1 Å². The number of carbonyl (C=O) groups excluding carboxylic acids is 2. The van der Waals surface area contributed by atoms with Crippen LogP contribution in [0.2, 0.25) is 5.02 Å². The van der Waals surface area contributed by atoms with Crippen LogP contribution >= 0.6 is 11.6 Å². The molecule has 1 N–H and O–H groups in total. The van der Waals surface area contributed by atoms with E-state index in [-0.39, 0.29) is 6.03 Å². The highest BCUT2D eigenvalue weighted by Gasteiger charge is 2.19. The van der Waals surface area contributed by atoms with Gasteiger partial charge in [0, 0.05) is 32.7 Å². The topological polar surface area (TPSA) is 61.9 Å². The minimum Gasteiger partial charge on any atom is -0.492 e. The van der Waals surface area contributed by atoms with Gasteiger partial charge in [-0.05, 0) is 18.6 Å². The molecule has 0 aliphatic carbocycles. The van der Waals surface area contributed by atoms with Gasteiger partial charge in [0.25, 0.3) is 0 Å². The van der Waals surface area contributed by atoms with Crippen molar-refractivity contribution in [2.75, 3.05) is 39.3 Å². The van der Waals surface area contributed by atoms with Crippen LogP contribution in [0.3, 0.4) is 0 Å². The molecule has 1 heterocycles. The van der Waals surface area contributed by atoms with Crippen LogP contribution in [0.4, 0.5) is 4.79 Å². The Morgan fingerprint density at radius 1 is 1.27 bits per heavy atom. The number of hydrogen-bond acceptors (Lipinski definition) is 3. The quantitative estimate of drug-likeness (QED) is 0.638. The molecule has 1 aromatic carbocycles. The summed E-state index contributed by atoms with van der Waals surface area (Å²) in [6, 6.07) is 7.20. The molecule has 0 atom stereocenters. The Morgan fingerprint density at radius 2 is 2.00 bits per heavy atom. The van der Waals surface area contributed by atoms with Crippen molar-refractivity contribution >= 4 is 24.0 Å². The molecule has 120 valence electrons. The van der Waals surface area contributed by atoms with E-state index in [9.17, 15) is 9.59 Å². The molecular weight excluding hydrogens is 306 g/mol. The molecule has 6 nitrogen and oxygen atoms in total. The molecule has 0 spiro atoms. The number of carbonyl (C=O) groups is 2. The second-order valence-corrected chi connectivity index (χ2v) is 5.40. The van der Waals surface area contributed by atoms with Crippen molar-refractivity contribution in [1.82, 2.24) is 15.1 Å². The van der Waals surface area contributed by atoms with E-state index < -0.39 is 0 Å². The van der Waals surface area contributed by atoms with E-state index >= 15 is 0 Å². The van der Waals surface area contributed by atoms with Crippen LogP contribution in [0.5, 0.6) is 5.75 Å². The van der Waals surface area contributed by atoms with Gasteiger partial charge in [-0.3, -0.25) is 4.79 Å². The molecule has 1 saturated heterocycles. The highest BCUT2D eigenvalue weighted by Crippen LogP contribution is 2.22. The maximum atomic E-state index is 11.9. The zero-order chi connectivity index (χ0) is 15.8. The maximum absolute atomic E-state index is 11.9. The molecule has 0 bridgehead atoms. The number of nitrogens with zero attached hydrogens (tertiary/aromatic N) is 2. The van der Waals surface area contributed by atoms with Crippen molar-refractivity contribution in [2.45, 2.75) is 6.42 Å². The van der Waals surface area contributed by atoms with E-state index in [1.807, 2.05) is 18.2 Å². The third-order valence-electron chi connectivity index (χ3n) is 3.44. The number of hydrogen-bond donors (Lipinski definition) is 1. The fraction of sp³-hybridized carbons (Fsp3) is 0.467. The second kappa shape index (κ2) is 8.48. The summed E-state index contributed by atoms with van der Waals surface area (Å²) in [6.07, 6.45) is 1.52. The second-order valence-electron chi connectivity index (χ2n) is 4.99. The zero-order valence-corrected chi connectivity index (χ0v) is 13.1. The Kier molecular flexibility index (Phi) is 6.33. The van der Waals surface area contributed by atoms with Gasteiger partial charge in [0.15, 0.2) is 0 Å². The smallest absolute Gasteiger partial charge is 0.317 e. The van der Waals surface area contributed by atoms with Crippen molar-refractivity contribution in [3.63, 3.8) is 0 Å². The van der Waals surface area contributed by atoms with Crippen molar-refractivity contribution in [3.8, 4) is 5.75 Å². The SMILES string of the molecule is O=CN1CCN(C(=O)NCCCOc2ccccc2Cl)CC1. The minimum atomic E-state index is -0.0942. The van der Waals surface area contributed by atoms with Crippen molar-refractivity contribution < 1.29 is 14.3 Å². The molecular formula is C15H20ClN3O3. The Morgan fingerprint density at radius 3 is 2.68 bits per heavy atom. The van der Waals surface area contributed by atoms with Gasteiger partial charge < -0.3 is 19.9 Å². The molecule has 1 aliphatic heterocycles. The molecule has 0 saturated carbocycles. The summed E-state index contributed by atoms with van der Waals surface area (Å²) in [7, 11) is 0. The van der Waals surface area contributed by atoms with E-state index in [2.05, 4.69) is 5.32 Å². The number of para-hydroxylation sites is 1. The first-order valence-electron chi connectivity index (χ1n) is 7.30. The minimum absolute atomic E-state index is 0.0942. The molecule has 0 radical (unpaired) electrons. The highest BCUT2D eigenvalue weighted by atomic mass is 35.5. The number of urea groups is 1. The Labute approximate surface area is 135 Å². The number of piperazine rings is 1. The molecule has 1 aromatic rings. The fourth-order valence-electron chi connectivity index (χ4n) is 2.15. The summed E-state index contributed by atoms with van der Waals surface area (Å²) in [5, 5.41) is 3.44. The number of nitrogens with one attached hydrogen (secondary N) is 1. The van der Waals surface area contributed by atoms with Gasteiger partial charge in [0.1, 0.15) is 5.75 Å². The standard InChI is InChI=1S/C15H20ClN3O3/c16-13-4-1-2-5-14(13)22-11-3-6-17-15(21)19-9-7-18(12-20)8-10-19/h1-2,4-5,12H,3,6-11H2,(H,17,21). The van der Waals surface area contributed by atoms with Gasteiger partial charge >= 0.3 is 6.03 Å². The summed E-state index contributed by atoms with van der Waals surface area (Å²) >= 11 is 5.98. The van der Waals surface area contributed by atoms with E-state index in [1.165, 1.54) is 0 Å². The molecule has 0 unspecified atom stereocenters. The molecule has 2 rings (SSSR count). The summed E-state index contributed by atoms with van der Waals surface area (Å²) in [5.74, 6) is 0.653. The lowest BCUT2D eigenvalue weighted by molar-refractivity contribution is -0.119. The lowest BCUT2D eigenvalue weighted by Gasteiger charge is -2.32. The lowest BCUT2D eigenvalue weighted by Crippen LogP contribution is -2.51. The fourth-order valence-corrected chi connectivity index (χ4v) is 2.34. The monoisotopic (exact) mass is 325 g/mol. The molecule has 7 heteroatoms. The molecule has 1 aliphatic rings. The third-order valence-corrected chi connectivity index (χ3v) is 3.75. The average Bonchev–Trinajstić information content (AvgIpc) is 2.56. The largest absolute Gasteiger partial charge is 0.492 e. The first-order valence-corrected chi connectivity index (χ1v) is 7.68. The molecule has 1 fully saturated rings. The van der Waals surface area contributed by atoms with Gasteiger partial charge in [-0.25, -0.2) is 4.79 Å². The van der Waals surface area contributed by atoms with Gasteiger partial charge in [-0.1, -0.05) is 23.7 Å². The van der Waals surface area contributed by atoms with E-state index in [4.69, 9.17) is 16.3 Å². The van der Waals surface area contributed by atoms with E-state index in [1.54, 1.807) is 15.9 Å². The number of rotatable bonds is 6. The number of benzene rings is 1. The van der Waals surface area contributed by atoms with Crippen molar-refractivity contribution in [3.05, 3.63) is 29.3 Å². The molecule has 22 heavy (non-hydrogen) atoms. The first-order chi connectivity index (χ1) is 10.7. The number of amides is 3. The average molecular weight is 326 g/mol. The van der Waals surface area contributed by atoms with E-state index in [0.29, 0.717) is 56.5 Å². The van der Waals surface area contributed by atoms with Crippen LogP contribution in [0.25, 0.3) is 0 Å². The van der Waals surface area contributed by atoms with Gasteiger partial charge in [-0.15, -0.1) is 0 Å². The van der Waals surface area contributed by atoms with E-state index in [0.717, 1.165) is 6.41 Å². The van der Waals surface area contributed by atoms with Crippen molar-refractivity contribution in [2.24, 2.45) is 0 Å². The normalized spacial score (nSPS) is 14.6. The Balaban J connectivity index is 1.60. The van der Waals surface area contributed by atoms with Gasteiger partial charge in [-0.2, -0.15) is 0 Å². The number of ether oxygens (including phenoxy) is 1. The first kappa shape index (κ1) is 16.4.